The summed E-state index contributed by atoms with van der Waals surface area (Å²) in [5.74, 6) is -0.933. The van der Waals surface area contributed by atoms with E-state index in [0.29, 0.717) is 5.56 Å². The molecule has 98 valence electrons. The van der Waals surface area contributed by atoms with E-state index in [0.717, 1.165) is 16.3 Å². The minimum Gasteiger partial charge on any atom is -0.478 e. The van der Waals surface area contributed by atoms with Crippen molar-refractivity contribution < 1.29 is 9.90 Å². The zero-order valence-corrected chi connectivity index (χ0v) is 11.3. The number of rotatable bonds is 3. The summed E-state index contributed by atoms with van der Waals surface area (Å²) in [4.78, 5) is 15.8. The summed E-state index contributed by atoms with van der Waals surface area (Å²) in [5, 5.41) is 11.9. The quantitative estimate of drug-likeness (QED) is 0.783. The first-order chi connectivity index (χ1) is 9.75. The Morgan fingerprint density at radius 3 is 2.45 bits per heavy atom. The van der Waals surface area contributed by atoms with E-state index in [1.165, 1.54) is 11.3 Å². The van der Waals surface area contributed by atoms with Gasteiger partial charge in [-0.25, -0.2) is 9.78 Å². The second kappa shape index (κ2) is 5.27. The van der Waals surface area contributed by atoms with Crippen molar-refractivity contribution in [3.05, 3.63) is 65.5 Å². The van der Waals surface area contributed by atoms with Crippen molar-refractivity contribution in [2.45, 2.75) is 0 Å². The molecule has 3 aromatic rings. The number of aromatic carboxylic acids is 1. The van der Waals surface area contributed by atoms with Gasteiger partial charge in [0.05, 0.1) is 11.3 Å². The predicted molar refractivity (Wildman–Crippen MR) is 79.9 cm³/mol. The summed E-state index contributed by atoms with van der Waals surface area (Å²) in [6.45, 7) is 0. The summed E-state index contributed by atoms with van der Waals surface area (Å²) in [6, 6.07) is 16.8. The van der Waals surface area contributed by atoms with Crippen molar-refractivity contribution in [1.82, 2.24) is 4.98 Å². The molecule has 3 rings (SSSR count). The average molecular weight is 281 g/mol. The van der Waals surface area contributed by atoms with Crippen LogP contribution in [0.15, 0.2) is 60.0 Å². The topological polar surface area (TPSA) is 50.2 Å². The molecule has 20 heavy (non-hydrogen) atoms. The number of hydrogen-bond donors (Lipinski definition) is 1. The van der Waals surface area contributed by atoms with Gasteiger partial charge in [0.2, 0.25) is 0 Å². The van der Waals surface area contributed by atoms with Crippen molar-refractivity contribution in [3.63, 3.8) is 0 Å². The lowest BCUT2D eigenvalue weighted by Gasteiger charge is -2.01. The van der Waals surface area contributed by atoms with E-state index >= 15 is 0 Å². The molecule has 1 N–H and O–H groups in total. The van der Waals surface area contributed by atoms with Crippen molar-refractivity contribution >= 4 is 17.3 Å². The first kappa shape index (κ1) is 12.6. The summed E-state index contributed by atoms with van der Waals surface area (Å²) >= 11 is 1.45. The third-order valence-corrected chi connectivity index (χ3v) is 3.84. The van der Waals surface area contributed by atoms with E-state index < -0.39 is 5.97 Å². The number of carboxylic acids is 1. The summed E-state index contributed by atoms with van der Waals surface area (Å²) in [6.07, 6.45) is 0. The molecule has 0 unspecified atom stereocenters. The molecule has 0 spiro atoms. The lowest BCUT2D eigenvalue weighted by Crippen LogP contribution is -1.98. The van der Waals surface area contributed by atoms with Gasteiger partial charge in [-0.2, -0.15) is 0 Å². The second-order valence-electron chi connectivity index (χ2n) is 4.25. The largest absolute Gasteiger partial charge is 0.478 e. The molecule has 4 heteroatoms. The van der Waals surface area contributed by atoms with Gasteiger partial charge in [0.1, 0.15) is 5.01 Å². The zero-order chi connectivity index (χ0) is 13.9. The molecule has 0 aliphatic carbocycles. The van der Waals surface area contributed by atoms with Crippen LogP contribution in [0.2, 0.25) is 0 Å². The van der Waals surface area contributed by atoms with Gasteiger partial charge in [-0.1, -0.05) is 48.5 Å². The van der Waals surface area contributed by atoms with Crippen molar-refractivity contribution in [2.75, 3.05) is 0 Å². The monoisotopic (exact) mass is 281 g/mol. The summed E-state index contributed by atoms with van der Waals surface area (Å²) in [5.41, 5.74) is 2.84. The summed E-state index contributed by atoms with van der Waals surface area (Å²) in [7, 11) is 0. The van der Waals surface area contributed by atoms with E-state index in [2.05, 4.69) is 4.98 Å². The van der Waals surface area contributed by atoms with Gasteiger partial charge in [-0.15, -0.1) is 11.3 Å². The van der Waals surface area contributed by atoms with Crippen LogP contribution < -0.4 is 0 Å². The van der Waals surface area contributed by atoms with E-state index in [4.69, 9.17) is 0 Å². The van der Waals surface area contributed by atoms with Gasteiger partial charge >= 0.3 is 5.97 Å². The van der Waals surface area contributed by atoms with E-state index in [1.807, 2.05) is 41.8 Å². The van der Waals surface area contributed by atoms with Crippen LogP contribution in [0.3, 0.4) is 0 Å². The van der Waals surface area contributed by atoms with Crippen molar-refractivity contribution in [2.24, 2.45) is 0 Å². The van der Waals surface area contributed by atoms with Crippen molar-refractivity contribution in [1.29, 1.82) is 0 Å². The molecule has 0 amide bonds. The lowest BCUT2D eigenvalue weighted by atomic mass is 10.1. The number of nitrogens with zero attached hydrogens (tertiary/aromatic N) is 1. The fourth-order valence-electron chi connectivity index (χ4n) is 2.00. The van der Waals surface area contributed by atoms with Crippen molar-refractivity contribution in [3.8, 4) is 21.8 Å². The molecular weight excluding hydrogens is 270 g/mol. The first-order valence-corrected chi connectivity index (χ1v) is 6.97. The Balaban J connectivity index is 2.05. The van der Waals surface area contributed by atoms with Crippen LogP contribution in [0.25, 0.3) is 21.8 Å². The van der Waals surface area contributed by atoms with Crippen LogP contribution >= 0.6 is 11.3 Å². The molecule has 0 atom stereocenters. The Morgan fingerprint density at radius 2 is 1.70 bits per heavy atom. The molecule has 1 aromatic heterocycles. The van der Waals surface area contributed by atoms with E-state index in [1.54, 1.807) is 18.2 Å². The van der Waals surface area contributed by atoms with Gasteiger partial charge in [0.25, 0.3) is 0 Å². The Labute approximate surface area is 120 Å². The highest BCUT2D eigenvalue weighted by Crippen LogP contribution is 2.30. The minimum absolute atomic E-state index is 0.279. The predicted octanol–water partition coefficient (Wildman–Crippen LogP) is 4.18. The second-order valence-corrected chi connectivity index (χ2v) is 5.11. The number of benzene rings is 2. The smallest absolute Gasteiger partial charge is 0.336 e. The first-order valence-electron chi connectivity index (χ1n) is 6.09. The molecular formula is C16H11NO2S. The molecule has 2 aromatic carbocycles. The maximum absolute atomic E-state index is 11.2. The lowest BCUT2D eigenvalue weighted by molar-refractivity contribution is 0.0697. The Bertz CT molecular complexity index is 750. The highest BCUT2D eigenvalue weighted by atomic mass is 32.1. The number of carboxylic acid groups (broad SMARTS) is 1. The molecule has 0 saturated carbocycles. The molecule has 0 saturated heterocycles. The average Bonchev–Trinajstić information content (AvgIpc) is 2.98. The molecule has 0 aliphatic heterocycles. The molecule has 0 bridgehead atoms. The van der Waals surface area contributed by atoms with Crippen LogP contribution in [0.5, 0.6) is 0 Å². The van der Waals surface area contributed by atoms with Gasteiger partial charge < -0.3 is 5.11 Å². The third kappa shape index (κ3) is 2.33. The number of thiazole rings is 1. The fourth-order valence-corrected chi connectivity index (χ4v) is 2.86. The van der Waals surface area contributed by atoms with Gasteiger partial charge in [-0.05, 0) is 6.07 Å². The minimum atomic E-state index is -0.933. The van der Waals surface area contributed by atoms with Crippen LogP contribution in [-0.4, -0.2) is 16.1 Å². The Kier molecular flexibility index (Phi) is 3.31. The van der Waals surface area contributed by atoms with E-state index in [9.17, 15) is 9.90 Å². The van der Waals surface area contributed by atoms with E-state index in [-0.39, 0.29) is 5.56 Å². The highest BCUT2D eigenvalue weighted by molar-refractivity contribution is 7.13. The molecule has 0 radical (unpaired) electrons. The molecule has 0 fully saturated rings. The summed E-state index contributed by atoms with van der Waals surface area (Å²) < 4.78 is 0. The third-order valence-electron chi connectivity index (χ3n) is 2.96. The Hall–Kier alpha value is -2.46. The van der Waals surface area contributed by atoms with Gasteiger partial charge in [0.15, 0.2) is 0 Å². The normalized spacial score (nSPS) is 10.4. The van der Waals surface area contributed by atoms with Crippen LogP contribution in [0.4, 0.5) is 0 Å². The molecule has 0 aliphatic rings. The maximum Gasteiger partial charge on any atom is 0.336 e. The van der Waals surface area contributed by atoms with Crippen LogP contribution in [0.1, 0.15) is 10.4 Å². The number of aromatic nitrogens is 1. The van der Waals surface area contributed by atoms with Gasteiger partial charge in [0, 0.05) is 16.5 Å². The van der Waals surface area contributed by atoms with Crippen LogP contribution in [-0.2, 0) is 0 Å². The molecule has 1 heterocycles. The number of carbonyl (C=O) groups is 1. The highest BCUT2D eigenvalue weighted by Gasteiger charge is 2.14. The van der Waals surface area contributed by atoms with Gasteiger partial charge in [-0.3, -0.25) is 0 Å². The van der Waals surface area contributed by atoms with Crippen LogP contribution in [0, 0.1) is 0 Å². The fraction of sp³-hybridized carbons (Fsp3) is 0. The zero-order valence-electron chi connectivity index (χ0n) is 10.5. The Morgan fingerprint density at radius 1 is 1.00 bits per heavy atom. The standard InChI is InChI=1S/C16H11NO2S/c18-16(19)13-9-5-4-8-12(13)15-17-14(10-20-15)11-6-2-1-3-7-11/h1-10H,(H,18,19). The SMILES string of the molecule is O=C(O)c1ccccc1-c1nc(-c2ccccc2)cs1. The molecule has 3 nitrogen and oxygen atoms in total. The number of hydrogen-bond acceptors (Lipinski definition) is 3. The maximum atomic E-state index is 11.2.